The van der Waals surface area contributed by atoms with Gasteiger partial charge in [-0.25, -0.2) is 0 Å². The highest BCUT2D eigenvalue weighted by molar-refractivity contribution is 5.76. The van der Waals surface area contributed by atoms with Crippen molar-refractivity contribution in [2.75, 3.05) is 13.2 Å². The lowest BCUT2D eigenvalue weighted by atomic mass is 9.94. The summed E-state index contributed by atoms with van der Waals surface area (Å²) in [4.78, 5) is 14.8. The molecule has 4 atom stereocenters. The SMILES string of the molecule is CC(C)(C)OC(=O)C(N)C1CN(Cc2ccccc2)C2CCOC12. The molecule has 0 aliphatic carbocycles. The van der Waals surface area contributed by atoms with Crippen LogP contribution < -0.4 is 5.73 Å². The molecule has 4 unspecified atom stereocenters. The van der Waals surface area contributed by atoms with Crippen LogP contribution in [-0.2, 0) is 20.8 Å². The Balaban J connectivity index is 1.70. The van der Waals surface area contributed by atoms with E-state index in [0.717, 1.165) is 26.1 Å². The second kappa shape index (κ2) is 6.82. The molecule has 2 saturated heterocycles. The van der Waals surface area contributed by atoms with E-state index >= 15 is 0 Å². The number of nitrogens with two attached hydrogens (primary N) is 1. The first-order chi connectivity index (χ1) is 11.3. The molecule has 5 nitrogen and oxygen atoms in total. The van der Waals surface area contributed by atoms with E-state index in [1.807, 2.05) is 26.8 Å². The van der Waals surface area contributed by atoms with Crippen molar-refractivity contribution in [3.8, 4) is 0 Å². The third-order valence-electron chi connectivity index (χ3n) is 4.81. The predicted octanol–water partition coefficient (Wildman–Crippen LogP) is 1.94. The van der Waals surface area contributed by atoms with Crippen LogP contribution in [0.3, 0.4) is 0 Å². The van der Waals surface area contributed by atoms with Crippen LogP contribution in [0.25, 0.3) is 0 Å². The third kappa shape index (κ3) is 3.79. The van der Waals surface area contributed by atoms with Gasteiger partial charge in [0.15, 0.2) is 0 Å². The highest BCUT2D eigenvalue weighted by atomic mass is 16.6. The number of rotatable bonds is 4. The number of nitrogens with zero attached hydrogens (tertiary/aromatic N) is 1. The summed E-state index contributed by atoms with van der Waals surface area (Å²) in [5, 5.41) is 0. The summed E-state index contributed by atoms with van der Waals surface area (Å²) in [7, 11) is 0. The molecule has 0 bridgehead atoms. The van der Waals surface area contributed by atoms with Crippen molar-refractivity contribution in [3.05, 3.63) is 35.9 Å². The summed E-state index contributed by atoms with van der Waals surface area (Å²) < 4.78 is 11.4. The smallest absolute Gasteiger partial charge is 0.323 e. The van der Waals surface area contributed by atoms with Crippen molar-refractivity contribution in [2.24, 2.45) is 11.7 Å². The maximum absolute atomic E-state index is 12.4. The number of hydrogen-bond acceptors (Lipinski definition) is 5. The lowest BCUT2D eigenvalue weighted by Crippen LogP contribution is -2.47. The molecule has 0 radical (unpaired) electrons. The highest BCUT2D eigenvalue weighted by Crippen LogP contribution is 2.36. The molecular weight excluding hydrogens is 304 g/mol. The summed E-state index contributed by atoms with van der Waals surface area (Å²) >= 11 is 0. The Labute approximate surface area is 144 Å². The Kier molecular flexibility index (Phi) is 4.95. The standard InChI is InChI=1S/C19H28N2O3/c1-19(2,3)24-18(22)16(20)14-12-21(15-9-10-23-17(14)15)11-13-7-5-4-6-8-13/h4-8,14-17H,9-12,20H2,1-3H3. The molecule has 3 rings (SSSR count). The van der Waals surface area contributed by atoms with E-state index in [4.69, 9.17) is 15.2 Å². The fourth-order valence-corrected chi connectivity index (χ4v) is 3.77. The summed E-state index contributed by atoms with van der Waals surface area (Å²) in [6.07, 6.45) is 1.02. The predicted molar refractivity (Wildman–Crippen MR) is 92.3 cm³/mol. The van der Waals surface area contributed by atoms with Gasteiger partial charge in [0.05, 0.1) is 6.10 Å². The monoisotopic (exact) mass is 332 g/mol. The number of carbonyl (C=O) groups excluding carboxylic acids is 1. The van der Waals surface area contributed by atoms with Crippen LogP contribution in [0.5, 0.6) is 0 Å². The zero-order valence-electron chi connectivity index (χ0n) is 14.8. The van der Waals surface area contributed by atoms with E-state index in [0.29, 0.717) is 6.04 Å². The van der Waals surface area contributed by atoms with Crippen molar-refractivity contribution in [1.82, 2.24) is 4.90 Å². The zero-order chi connectivity index (χ0) is 17.3. The highest BCUT2D eigenvalue weighted by Gasteiger charge is 2.49. The molecular formula is C19H28N2O3. The normalized spacial score (nSPS) is 28.6. The zero-order valence-corrected chi connectivity index (χ0v) is 14.8. The van der Waals surface area contributed by atoms with E-state index in [-0.39, 0.29) is 18.0 Å². The maximum atomic E-state index is 12.4. The van der Waals surface area contributed by atoms with Crippen LogP contribution in [-0.4, -0.2) is 47.8 Å². The Bertz CT molecular complexity index is 570. The van der Waals surface area contributed by atoms with Crippen molar-refractivity contribution < 1.29 is 14.3 Å². The third-order valence-corrected chi connectivity index (χ3v) is 4.81. The maximum Gasteiger partial charge on any atom is 0.323 e. The van der Waals surface area contributed by atoms with E-state index in [1.54, 1.807) is 0 Å². The Hall–Kier alpha value is -1.43. The summed E-state index contributed by atoms with van der Waals surface area (Å²) in [6, 6.07) is 10.1. The first-order valence-corrected chi connectivity index (χ1v) is 8.73. The molecule has 24 heavy (non-hydrogen) atoms. The molecule has 2 aliphatic rings. The second-order valence-corrected chi connectivity index (χ2v) is 7.83. The van der Waals surface area contributed by atoms with Crippen LogP contribution in [0.4, 0.5) is 0 Å². The van der Waals surface area contributed by atoms with Crippen LogP contribution in [0.2, 0.25) is 0 Å². The number of esters is 1. The van der Waals surface area contributed by atoms with Gasteiger partial charge in [-0.3, -0.25) is 9.69 Å². The molecule has 0 amide bonds. The molecule has 0 spiro atoms. The molecule has 2 fully saturated rings. The van der Waals surface area contributed by atoms with Gasteiger partial charge in [-0.2, -0.15) is 0 Å². The average Bonchev–Trinajstić information content (AvgIpc) is 3.10. The van der Waals surface area contributed by atoms with Crippen LogP contribution in [0, 0.1) is 5.92 Å². The number of hydrogen-bond donors (Lipinski definition) is 1. The van der Waals surface area contributed by atoms with Crippen molar-refractivity contribution >= 4 is 5.97 Å². The summed E-state index contributed by atoms with van der Waals surface area (Å²) in [5.74, 6) is -0.348. The fraction of sp³-hybridized carbons (Fsp3) is 0.632. The summed E-state index contributed by atoms with van der Waals surface area (Å²) in [5.41, 5.74) is 7.01. The number of fused-ring (bicyclic) bond motifs is 1. The molecule has 0 saturated carbocycles. The van der Waals surface area contributed by atoms with Gasteiger partial charge in [-0.05, 0) is 32.8 Å². The quantitative estimate of drug-likeness (QED) is 0.854. The topological polar surface area (TPSA) is 64.8 Å². The lowest BCUT2D eigenvalue weighted by molar-refractivity contribution is -0.158. The fourth-order valence-electron chi connectivity index (χ4n) is 3.77. The number of carbonyl (C=O) groups is 1. The van der Waals surface area contributed by atoms with E-state index < -0.39 is 11.6 Å². The van der Waals surface area contributed by atoms with Crippen molar-refractivity contribution in [3.63, 3.8) is 0 Å². The van der Waals surface area contributed by atoms with Crippen LogP contribution in [0.15, 0.2) is 30.3 Å². The van der Waals surface area contributed by atoms with Crippen molar-refractivity contribution in [2.45, 2.75) is 57.5 Å². The van der Waals surface area contributed by atoms with Crippen LogP contribution >= 0.6 is 0 Å². The number of likely N-dealkylation sites (tertiary alicyclic amines) is 1. The van der Waals surface area contributed by atoms with Gasteiger partial charge >= 0.3 is 5.97 Å². The van der Waals surface area contributed by atoms with Crippen molar-refractivity contribution in [1.29, 1.82) is 0 Å². The molecule has 132 valence electrons. The van der Waals surface area contributed by atoms with E-state index in [2.05, 4.69) is 29.2 Å². The first-order valence-electron chi connectivity index (χ1n) is 8.73. The molecule has 2 heterocycles. The average molecular weight is 332 g/mol. The second-order valence-electron chi connectivity index (χ2n) is 7.83. The largest absolute Gasteiger partial charge is 0.459 e. The molecule has 2 aliphatic heterocycles. The molecule has 0 aromatic heterocycles. The minimum Gasteiger partial charge on any atom is -0.459 e. The Morgan fingerprint density at radius 2 is 2.08 bits per heavy atom. The van der Waals surface area contributed by atoms with Gasteiger partial charge in [0, 0.05) is 31.7 Å². The summed E-state index contributed by atoms with van der Waals surface area (Å²) in [6.45, 7) is 7.96. The van der Waals surface area contributed by atoms with Gasteiger partial charge in [-0.1, -0.05) is 30.3 Å². The van der Waals surface area contributed by atoms with Gasteiger partial charge in [0.2, 0.25) is 0 Å². The molecule has 1 aromatic carbocycles. The van der Waals surface area contributed by atoms with Gasteiger partial charge < -0.3 is 15.2 Å². The van der Waals surface area contributed by atoms with E-state index in [1.165, 1.54) is 5.56 Å². The minimum atomic E-state index is -0.643. The molecule has 1 aromatic rings. The van der Waals surface area contributed by atoms with Gasteiger partial charge in [0.25, 0.3) is 0 Å². The Morgan fingerprint density at radius 1 is 1.38 bits per heavy atom. The Morgan fingerprint density at radius 3 is 2.75 bits per heavy atom. The van der Waals surface area contributed by atoms with E-state index in [9.17, 15) is 4.79 Å². The number of ether oxygens (including phenoxy) is 2. The molecule has 2 N–H and O–H groups in total. The minimum absolute atomic E-state index is 0.0175. The van der Waals surface area contributed by atoms with Crippen LogP contribution in [0.1, 0.15) is 32.8 Å². The van der Waals surface area contributed by atoms with Gasteiger partial charge in [-0.15, -0.1) is 0 Å². The number of benzene rings is 1. The molecule has 5 heteroatoms. The first kappa shape index (κ1) is 17.4. The lowest BCUT2D eigenvalue weighted by Gasteiger charge is -2.26. The van der Waals surface area contributed by atoms with Gasteiger partial charge in [0.1, 0.15) is 11.6 Å².